The monoisotopic (exact) mass is 477 g/mol. The molecule has 0 aliphatic rings. The van der Waals surface area contributed by atoms with E-state index in [1.54, 1.807) is 31.5 Å². The van der Waals surface area contributed by atoms with Gasteiger partial charge in [0.15, 0.2) is 0 Å². The number of pyridine rings is 4. The van der Waals surface area contributed by atoms with Crippen molar-refractivity contribution in [2.45, 2.75) is 33.5 Å². The van der Waals surface area contributed by atoms with Crippen LogP contribution in [0.3, 0.4) is 0 Å². The fourth-order valence-corrected chi connectivity index (χ4v) is 3.73. The summed E-state index contributed by atoms with van der Waals surface area (Å²) in [5.74, 6) is -0.344. The number of aryl methyl sites for hydroxylation is 3. The van der Waals surface area contributed by atoms with Gasteiger partial charge in [0.05, 0.1) is 11.4 Å². The molecular weight excluding hydrogens is 455 g/mol. The van der Waals surface area contributed by atoms with Gasteiger partial charge in [0, 0.05) is 42.5 Å². The summed E-state index contributed by atoms with van der Waals surface area (Å²) in [6, 6.07) is 9.78. The molecule has 0 saturated carbocycles. The van der Waals surface area contributed by atoms with Crippen molar-refractivity contribution in [3.05, 3.63) is 94.8 Å². The standard InChI is InChI=1S/C26H22F3N5O/c1-15-5-4-7-31-24(15)20-14-32-21(10-16(20)2)25(35)34-13-18-9-17(3)23(33-12-18)19-6-8-30-22(11-19)26(27,28)29/h4-12,14H,13H2,1-3H3,(H,34,35). The zero-order valence-electron chi connectivity index (χ0n) is 19.3. The highest BCUT2D eigenvalue weighted by atomic mass is 19.4. The number of aromatic nitrogens is 4. The predicted molar refractivity (Wildman–Crippen MR) is 125 cm³/mol. The number of amides is 1. The number of halogens is 3. The molecule has 0 aliphatic heterocycles. The summed E-state index contributed by atoms with van der Waals surface area (Å²) in [4.78, 5) is 29.1. The summed E-state index contributed by atoms with van der Waals surface area (Å²) in [5.41, 5.74) is 5.02. The lowest BCUT2D eigenvalue weighted by Crippen LogP contribution is -2.24. The minimum Gasteiger partial charge on any atom is -0.347 e. The highest BCUT2D eigenvalue weighted by molar-refractivity contribution is 5.93. The van der Waals surface area contributed by atoms with Gasteiger partial charge in [-0.15, -0.1) is 0 Å². The smallest absolute Gasteiger partial charge is 0.347 e. The highest BCUT2D eigenvalue weighted by Crippen LogP contribution is 2.31. The molecule has 0 atom stereocenters. The van der Waals surface area contributed by atoms with Crippen molar-refractivity contribution in [2.24, 2.45) is 0 Å². The van der Waals surface area contributed by atoms with Crippen LogP contribution in [0.15, 0.2) is 61.2 Å². The van der Waals surface area contributed by atoms with Crippen LogP contribution in [-0.4, -0.2) is 25.8 Å². The first-order chi connectivity index (χ1) is 16.6. The molecule has 4 heterocycles. The van der Waals surface area contributed by atoms with Crippen molar-refractivity contribution in [2.75, 3.05) is 0 Å². The third-order valence-electron chi connectivity index (χ3n) is 5.52. The fourth-order valence-electron chi connectivity index (χ4n) is 3.73. The zero-order chi connectivity index (χ0) is 25.2. The van der Waals surface area contributed by atoms with E-state index in [-0.39, 0.29) is 18.1 Å². The van der Waals surface area contributed by atoms with Crippen molar-refractivity contribution >= 4 is 5.91 Å². The minimum atomic E-state index is -4.53. The van der Waals surface area contributed by atoms with Gasteiger partial charge >= 0.3 is 6.18 Å². The predicted octanol–water partition coefficient (Wildman–Crippen LogP) is 5.47. The molecule has 0 aromatic carbocycles. The normalized spacial score (nSPS) is 11.4. The Morgan fingerprint density at radius 2 is 1.66 bits per heavy atom. The van der Waals surface area contributed by atoms with E-state index in [1.165, 1.54) is 12.3 Å². The second kappa shape index (κ2) is 9.61. The first-order valence-electron chi connectivity index (χ1n) is 10.8. The van der Waals surface area contributed by atoms with Crippen molar-refractivity contribution in [1.82, 2.24) is 25.3 Å². The summed E-state index contributed by atoms with van der Waals surface area (Å²) < 4.78 is 39.0. The number of carbonyl (C=O) groups is 1. The number of alkyl halides is 3. The van der Waals surface area contributed by atoms with Gasteiger partial charge in [0.2, 0.25) is 0 Å². The van der Waals surface area contributed by atoms with Gasteiger partial charge in [-0.1, -0.05) is 12.1 Å². The Labute approximate surface area is 200 Å². The lowest BCUT2D eigenvalue weighted by Gasteiger charge is -2.12. The van der Waals surface area contributed by atoms with Crippen LogP contribution in [0, 0.1) is 20.8 Å². The molecule has 4 aromatic rings. The Kier molecular flexibility index (Phi) is 6.59. The second-order valence-electron chi connectivity index (χ2n) is 8.17. The van der Waals surface area contributed by atoms with E-state index in [2.05, 4.69) is 25.3 Å². The Balaban J connectivity index is 1.47. The highest BCUT2D eigenvalue weighted by Gasteiger charge is 2.32. The maximum atomic E-state index is 13.0. The summed E-state index contributed by atoms with van der Waals surface area (Å²) >= 11 is 0. The molecule has 0 radical (unpaired) electrons. The third kappa shape index (κ3) is 5.34. The van der Waals surface area contributed by atoms with Crippen LogP contribution in [0.2, 0.25) is 0 Å². The summed E-state index contributed by atoms with van der Waals surface area (Å²) in [5, 5.41) is 2.81. The molecule has 0 spiro atoms. The van der Waals surface area contributed by atoms with E-state index < -0.39 is 11.9 Å². The van der Waals surface area contributed by atoms with Crippen LogP contribution < -0.4 is 5.32 Å². The van der Waals surface area contributed by atoms with Crippen LogP contribution in [-0.2, 0) is 12.7 Å². The van der Waals surface area contributed by atoms with E-state index in [9.17, 15) is 18.0 Å². The maximum absolute atomic E-state index is 13.0. The molecule has 0 fully saturated rings. The number of carbonyl (C=O) groups excluding carboxylic acids is 1. The minimum absolute atomic E-state index is 0.193. The van der Waals surface area contributed by atoms with Gasteiger partial charge < -0.3 is 5.32 Å². The fraction of sp³-hybridized carbons (Fsp3) is 0.192. The van der Waals surface area contributed by atoms with E-state index in [4.69, 9.17) is 0 Å². The zero-order valence-corrected chi connectivity index (χ0v) is 19.3. The SMILES string of the molecule is Cc1cc(C(=O)NCc2cnc(-c3ccnc(C(F)(F)F)c3)c(C)c2)ncc1-c1ncccc1C. The van der Waals surface area contributed by atoms with E-state index >= 15 is 0 Å². The van der Waals surface area contributed by atoms with Gasteiger partial charge in [-0.25, -0.2) is 0 Å². The van der Waals surface area contributed by atoms with E-state index in [0.29, 0.717) is 22.4 Å². The van der Waals surface area contributed by atoms with Crippen molar-refractivity contribution in [3.8, 4) is 22.5 Å². The summed E-state index contributed by atoms with van der Waals surface area (Å²) in [6.45, 7) is 5.81. The Bertz CT molecular complexity index is 1400. The van der Waals surface area contributed by atoms with Gasteiger partial charge in [0.25, 0.3) is 5.91 Å². The van der Waals surface area contributed by atoms with Crippen molar-refractivity contribution in [3.63, 3.8) is 0 Å². The van der Waals surface area contributed by atoms with Gasteiger partial charge in [-0.3, -0.25) is 24.7 Å². The average Bonchev–Trinajstić information content (AvgIpc) is 2.82. The van der Waals surface area contributed by atoms with Crippen LogP contribution in [0.4, 0.5) is 13.2 Å². The molecule has 35 heavy (non-hydrogen) atoms. The van der Waals surface area contributed by atoms with Gasteiger partial charge in [0.1, 0.15) is 11.4 Å². The van der Waals surface area contributed by atoms with Gasteiger partial charge in [-0.2, -0.15) is 13.2 Å². The molecule has 4 aromatic heterocycles. The molecule has 0 unspecified atom stereocenters. The number of nitrogens with zero attached hydrogens (tertiary/aromatic N) is 4. The topological polar surface area (TPSA) is 80.7 Å². The third-order valence-corrected chi connectivity index (χ3v) is 5.52. The van der Waals surface area contributed by atoms with Crippen LogP contribution in [0.25, 0.3) is 22.5 Å². The molecule has 0 saturated heterocycles. The second-order valence-corrected chi connectivity index (χ2v) is 8.17. The molecule has 178 valence electrons. The first-order valence-corrected chi connectivity index (χ1v) is 10.8. The van der Waals surface area contributed by atoms with Crippen LogP contribution >= 0.6 is 0 Å². The van der Waals surface area contributed by atoms with Crippen LogP contribution in [0.5, 0.6) is 0 Å². The van der Waals surface area contributed by atoms with Crippen molar-refractivity contribution < 1.29 is 18.0 Å². The number of hydrogen-bond donors (Lipinski definition) is 1. The number of nitrogens with one attached hydrogen (secondary N) is 1. The molecule has 6 nitrogen and oxygen atoms in total. The number of rotatable bonds is 5. The molecule has 1 amide bonds. The molecule has 4 rings (SSSR count). The Morgan fingerprint density at radius 1 is 0.857 bits per heavy atom. The van der Waals surface area contributed by atoms with E-state index in [1.807, 2.05) is 26.0 Å². The molecule has 0 bridgehead atoms. The van der Waals surface area contributed by atoms with Crippen molar-refractivity contribution in [1.29, 1.82) is 0 Å². The summed E-state index contributed by atoms with van der Waals surface area (Å²) in [6.07, 6.45) is 1.47. The van der Waals surface area contributed by atoms with Crippen LogP contribution in [0.1, 0.15) is 38.4 Å². The molecule has 0 aliphatic carbocycles. The van der Waals surface area contributed by atoms with Gasteiger partial charge in [-0.05, 0) is 67.3 Å². The first kappa shape index (κ1) is 24.0. The lowest BCUT2D eigenvalue weighted by atomic mass is 10.0. The molecule has 1 N–H and O–H groups in total. The largest absolute Gasteiger partial charge is 0.433 e. The maximum Gasteiger partial charge on any atom is 0.433 e. The summed E-state index contributed by atoms with van der Waals surface area (Å²) in [7, 11) is 0. The Hall–Kier alpha value is -4.14. The Morgan fingerprint density at radius 3 is 2.34 bits per heavy atom. The van der Waals surface area contributed by atoms with E-state index in [0.717, 1.165) is 34.6 Å². The molecular formula is C26H22F3N5O. The lowest BCUT2D eigenvalue weighted by molar-refractivity contribution is -0.141. The average molecular weight is 477 g/mol. The number of hydrogen-bond acceptors (Lipinski definition) is 5. The molecule has 9 heteroatoms. The quantitative estimate of drug-likeness (QED) is 0.412.